The van der Waals surface area contributed by atoms with E-state index in [1.54, 1.807) is 0 Å². The number of halogens is 1. The second-order valence-electron chi connectivity index (χ2n) is 4.79. The molecule has 1 amide bonds. The van der Waals surface area contributed by atoms with Gasteiger partial charge in [0.1, 0.15) is 5.82 Å². The molecule has 106 valence electrons. The van der Waals surface area contributed by atoms with Gasteiger partial charge in [-0.2, -0.15) is 0 Å². The van der Waals surface area contributed by atoms with E-state index in [4.69, 9.17) is 0 Å². The summed E-state index contributed by atoms with van der Waals surface area (Å²) in [5.41, 5.74) is 0.0674. The van der Waals surface area contributed by atoms with Gasteiger partial charge in [-0.25, -0.2) is 4.39 Å². The Balaban J connectivity index is 2.56. The predicted molar refractivity (Wildman–Crippen MR) is 79.3 cm³/mol. The Labute approximate surface area is 120 Å². The zero-order valence-corrected chi connectivity index (χ0v) is 12.5. The largest absolute Gasteiger partial charge is 0.352 e. The minimum Gasteiger partial charge on any atom is -0.352 e. The number of unbranched alkanes of at least 4 members (excludes halogenated alkanes) is 1. The van der Waals surface area contributed by atoms with Crippen LogP contribution in [-0.4, -0.2) is 12.5 Å². The van der Waals surface area contributed by atoms with E-state index in [0.717, 1.165) is 25.7 Å². The summed E-state index contributed by atoms with van der Waals surface area (Å²) in [4.78, 5) is 12.5. The molecule has 0 aliphatic carbocycles. The van der Waals surface area contributed by atoms with Crippen molar-refractivity contribution in [1.82, 2.24) is 5.32 Å². The Morgan fingerprint density at radius 3 is 2.79 bits per heavy atom. The highest BCUT2D eigenvalue weighted by atomic mass is 32.1. The van der Waals surface area contributed by atoms with Gasteiger partial charge in [0.15, 0.2) is 0 Å². The number of hydrogen-bond donors (Lipinski definition) is 2. The van der Waals surface area contributed by atoms with Crippen LogP contribution < -0.4 is 5.32 Å². The SMILES string of the molecule is CCCCC(CC)CNC(=O)c1cc(S)ccc1F. The van der Waals surface area contributed by atoms with Crippen molar-refractivity contribution in [2.24, 2.45) is 5.92 Å². The number of rotatable bonds is 7. The van der Waals surface area contributed by atoms with E-state index in [9.17, 15) is 9.18 Å². The van der Waals surface area contributed by atoms with Crippen LogP contribution in [0.3, 0.4) is 0 Å². The first-order valence-electron chi connectivity index (χ1n) is 6.85. The van der Waals surface area contributed by atoms with Gasteiger partial charge in [-0.1, -0.05) is 33.1 Å². The van der Waals surface area contributed by atoms with Crippen molar-refractivity contribution in [2.45, 2.75) is 44.4 Å². The lowest BCUT2D eigenvalue weighted by Gasteiger charge is -2.15. The van der Waals surface area contributed by atoms with E-state index in [1.807, 2.05) is 0 Å². The minimum atomic E-state index is -0.503. The summed E-state index contributed by atoms with van der Waals surface area (Å²) in [5.74, 6) is -0.397. The zero-order valence-electron chi connectivity index (χ0n) is 11.6. The standard InChI is InChI=1S/C15H22FNOS/c1-3-5-6-11(4-2)10-17-15(18)13-9-12(19)7-8-14(13)16/h7-9,11,19H,3-6,10H2,1-2H3,(H,17,18). The Hall–Kier alpha value is -1.03. The maximum absolute atomic E-state index is 13.5. The Morgan fingerprint density at radius 2 is 2.16 bits per heavy atom. The fraction of sp³-hybridized carbons (Fsp3) is 0.533. The van der Waals surface area contributed by atoms with Crippen molar-refractivity contribution in [3.05, 3.63) is 29.6 Å². The smallest absolute Gasteiger partial charge is 0.254 e. The van der Waals surface area contributed by atoms with E-state index in [-0.39, 0.29) is 11.5 Å². The molecule has 0 spiro atoms. The number of carbonyl (C=O) groups is 1. The van der Waals surface area contributed by atoms with Crippen molar-refractivity contribution in [2.75, 3.05) is 6.54 Å². The Morgan fingerprint density at radius 1 is 1.42 bits per heavy atom. The van der Waals surface area contributed by atoms with Gasteiger partial charge in [-0.15, -0.1) is 12.6 Å². The average Bonchev–Trinajstić information content (AvgIpc) is 2.41. The molecule has 1 aromatic rings. The van der Waals surface area contributed by atoms with Crippen molar-refractivity contribution in [1.29, 1.82) is 0 Å². The van der Waals surface area contributed by atoms with Gasteiger partial charge >= 0.3 is 0 Å². The first-order chi connectivity index (χ1) is 9.08. The maximum atomic E-state index is 13.5. The lowest BCUT2D eigenvalue weighted by molar-refractivity contribution is 0.0941. The van der Waals surface area contributed by atoms with Gasteiger partial charge < -0.3 is 5.32 Å². The molecule has 1 rings (SSSR count). The second-order valence-corrected chi connectivity index (χ2v) is 5.31. The number of thiol groups is 1. The average molecular weight is 283 g/mol. The van der Waals surface area contributed by atoms with E-state index in [0.29, 0.717) is 17.4 Å². The molecule has 0 radical (unpaired) electrons. The number of nitrogens with one attached hydrogen (secondary N) is 1. The summed E-state index contributed by atoms with van der Waals surface area (Å²) in [6, 6.07) is 4.26. The van der Waals surface area contributed by atoms with Gasteiger partial charge in [-0.3, -0.25) is 4.79 Å². The monoisotopic (exact) mass is 283 g/mol. The number of carbonyl (C=O) groups excluding carboxylic acids is 1. The highest BCUT2D eigenvalue weighted by Gasteiger charge is 2.13. The summed E-state index contributed by atoms with van der Waals surface area (Å²) in [6.45, 7) is 4.87. The molecule has 2 nitrogen and oxygen atoms in total. The Bertz CT molecular complexity index is 423. The normalized spacial score (nSPS) is 12.2. The first kappa shape index (κ1) is 16.0. The number of amides is 1. The summed E-state index contributed by atoms with van der Waals surface area (Å²) in [6.07, 6.45) is 4.44. The molecule has 19 heavy (non-hydrogen) atoms. The lowest BCUT2D eigenvalue weighted by atomic mass is 9.99. The fourth-order valence-electron chi connectivity index (χ4n) is 1.96. The fourth-order valence-corrected chi connectivity index (χ4v) is 2.17. The molecule has 0 aliphatic heterocycles. The molecule has 1 atom stereocenters. The molecule has 0 bridgehead atoms. The zero-order chi connectivity index (χ0) is 14.3. The van der Waals surface area contributed by atoms with E-state index >= 15 is 0 Å². The minimum absolute atomic E-state index is 0.0674. The van der Waals surface area contributed by atoms with Crippen molar-refractivity contribution >= 4 is 18.5 Å². The summed E-state index contributed by atoms with van der Waals surface area (Å²) < 4.78 is 13.5. The summed E-state index contributed by atoms with van der Waals surface area (Å²) in [7, 11) is 0. The molecule has 1 aromatic carbocycles. The van der Waals surface area contributed by atoms with Crippen LogP contribution in [-0.2, 0) is 0 Å². The molecule has 1 unspecified atom stereocenters. The molecule has 0 saturated carbocycles. The van der Waals surface area contributed by atoms with Crippen LogP contribution in [0.15, 0.2) is 23.1 Å². The van der Waals surface area contributed by atoms with Crippen LogP contribution in [0.5, 0.6) is 0 Å². The van der Waals surface area contributed by atoms with Gasteiger partial charge in [0.25, 0.3) is 5.91 Å². The third kappa shape index (κ3) is 5.23. The quantitative estimate of drug-likeness (QED) is 0.726. The molecule has 0 fully saturated rings. The summed E-state index contributed by atoms with van der Waals surface area (Å²) >= 11 is 4.12. The highest BCUT2D eigenvalue weighted by Crippen LogP contribution is 2.15. The van der Waals surface area contributed by atoms with Crippen LogP contribution in [0.1, 0.15) is 49.9 Å². The third-order valence-electron chi connectivity index (χ3n) is 3.29. The summed E-state index contributed by atoms with van der Waals surface area (Å²) in [5, 5.41) is 2.81. The van der Waals surface area contributed by atoms with Crippen LogP contribution in [0, 0.1) is 11.7 Å². The third-order valence-corrected chi connectivity index (χ3v) is 3.57. The Kier molecular flexibility index (Phi) is 6.92. The lowest BCUT2D eigenvalue weighted by Crippen LogP contribution is -2.29. The molecule has 0 heterocycles. The molecule has 4 heteroatoms. The van der Waals surface area contributed by atoms with Crippen molar-refractivity contribution < 1.29 is 9.18 Å². The van der Waals surface area contributed by atoms with Crippen molar-refractivity contribution in [3.8, 4) is 0 Å². The van der Waals surface area contributed by atoms with Crippen molar-refractivity contribution in [3.63, 3.8) is 0 Å². The number of benzene rings is 1. The molecule has 0 aliphatic rings. The van der Waals surface area contributed by atoms with Gasteiger partial charge in [0, 0.05) is 11.4 Å². The van der Waals surface area contributed by atoms with E-state index < -0.39 is 5.82 Å². The predicted octanol–water partition coefficient (Wildman–Crippen LogP) is 4.06. The second kappa shape index (κ2) is 8.20. The molecule has 1 N–H and O–H groups in total. The molecule has 0 aromatic heterocycles. The molecular weight excluding hydrogens is 261 g/mol. The van der Waals surface area contributed by atoms with Gasteiger partial charge in [-0.05, 0) is 30.5 Å². The topological polar surface area (TPSA) is 29.1 Å². The van der Waals surface area contributed by atoms with Crippen LogP contribution in [0.4, 0.5) is 4.39 Å². The van der Waals surface area contributed by atoms with Crippen LogP contribution in [0.25, 0.3) is 0 Å². The molecular formula is C15H22FNOS. The van der Waals surface area contributed by atoms with E-state index in [1.165, 1.54) is 18.2 Å². The van der Waals surface area contributed by atoms with Crippen LogP contribution >= 0.6 is 12.6 Å². The van der Waals surface area contributed by atoms with Gasteiger partial charge in [0.2, 0.25) is 0 Å². The first-order valence-corrected chi connectivity index (χ1v) is 7.29. The van der Waals surface area contributed by atoms with Gasteiger partial charge in [0.05, 0.1) is 5.56 Å². The maximum Gasteiger partial charge on any atom is 0.254 e. The molecule has 0 saturated heterocycles. The van der Waals surface area contributed by atoms with E-state index in [2.05, 4.69) is 31.8 Å². The highest BCUT2D eigenvalue weighted by molar-refractivity contribution is 7.80. The van der Waals surface area contributed by atoms with Crippen LogP contribution in [0.2, 0.25) is 0 Å². The number of hydrogen-bond acceptors (Lipinski definition) is 2.